The van der Waals surface area contributed by atoms with Crippen LogP contribution in [-0.2, 0) is 6.54 Å². The molecule has 0 N–H and O–H groups in total. The van der Waals surface area contributed by atoms with Crippen LogP contribution in [0.5, 0.6) is 0 Å². The van der Waals surface area contributed by atoms with Crippen molar-refractivity contribution in [2.45, 2.75) is 6.54 Å². The summed E-state index contributed by atoms with van der Waals surface area (Å²) in [4.78, 5) is 6.36. The molecule has 76 valence electrons. The molecule has 0 spiro atoms. The highest BCUT2D eigenvalue weighted by Crippen LogP contribution is 2.08. The minimum absolute atomic E-state index is 0.911. The van der Waals surface area contributed by atoms with Crippen LogP contribution in [0, 0.1) is 0 Å². The quantitative estimate of drug-likeness (QED) is 0.548. The van der Waals surface area contributed by atoms with E-state index in [9.17, 15) is 0 Å². The first-order valence-electron chi connectivity index (χ1n) is 4.53. The Balaban J connectivity index is 2.61. The van der Waals surface area contributed by atoms with Gasteiger partial charge in [-0.25, -0.2) is 0 Å². The molecule has 0 bridgehead atoms. The number of thioether (sulfide) groups is 1. The number of aliphatic imine (C=N–C) groups is 1. The van der Waals surface area contributed by atoms with Gasteiger partial charge in [-0.2, -0.15) is 0 Å². The van der Waals surface area contributed by atoms with E-state index < -0.39 is 0 Å². The summed E-state index contributed by atoms with van der Waals surface area (Å²) in [5.74, 6) is 0. The van der Waals surface area contributed by atoms with Crippen molar-refractivity contribution in [3.8, 4) is 0 Å². The molecule has 0 aromatic heterocycles. The largest absolute Gasteiger partial charge is 0.350 e. The number of hydrogen-bond acceptors (Lipinski definition) is 2. The topological polar surface area (TPSA) is 15.6 Å². The monoisotopic (exact) mass is 208 g/mol. The normalized spacial score (nSPS) is 11.5. The van der Waals surface area contributed by atoms with Crippen LogP contribution in [0.3, 0.4) is 0 Å². The van der Waals surface area contributed by atoms with Gasteiger partial charge in [0.15, 0.2) is 5.17 Å². The third-order valence-corrected chi connectivity index (χ3v) is 2.82. The maximum Gasteiger partial charge on any atom is 0.158 e. The van der Waals surface area contributed by atoms with E-state index in [0.29, 0.717) is 0 Å². The second kappa shape index (κ2) is 5.70. The van der Waals surface area contributed by atoms with Gasteiger partial charge in [0.25, 0.3) is 0 Å². The van der Waals surface area contributed by atoms with Crippen molar-refractivity contribution in [1.82, 2.24) is 4.90 Å². The lowest BCUT2D eigenvalue weighted by molar-refractivity contribution is 0.510. The van der Waals surface area contributed by atoms with Gasteiger partial charge in [-0.15, -0.1) is 0 Å². The Labute approximate surface area is 90.0 Å². The molecule has 1 aromatic rings. The first-order valence-corrected chi connectivity index (χ1v) is 5.76. The molecule has 2 nitrogen and oxygen atoms in total. The molecule has 3 heteroatoms. The molecule has 0 aliphatic carbocycles. The molecule has 0 saturated heterocycles. The van der Waals surface area contributed by atoms with E-state index in [0.717, 1.165) is 11.7 Å². The predicted molar refractivity (Wildman–Crippen MR) is 64.8 cm³/mol. The molecule has 0 saturated carbocycles. The van der Waals surface area contributed by atoms with Gasteiger partial charge in [0.05, 0.1) is 0 Å². The van der Waals surface area contributed by atoms with Crippen molar-refractivity contribution in [3.05, 3.63) is 35.9 Å². The van der Waals surface area contributed by atoms with Gasteiger partial charge < -0.3 is 4.90 Å². The van der Waals surface area contributed by atoms with E-state index in [1.165, 1.54) is 5.56 Å². The molecule has 1 aromatic carbocycles. The standard InChI is InChI=1S/C11H16N2S/c1-12-11(14-3)13(2)9-10-7-5-4-6-8-10/h4-8H,9H2,1-3H3. The summed E-state index contributed by atoms with van der Waals surface area (Å²) in [5, 5.41) is 1.06. The van der Waals surface area contributed by atoms with E-state index in [1.54, 1.807) is 11.8 Å². The lowest BCUT2D eigenvalue weighted by atomic mass is 10.2. The Morgan fingerprint density at radius 2 is 2.00 bits per heavy atom. The molecular weight excluding hydrogens is 192 g/mol. The third kappa shape index (κ3) is 3.07. The van der Waals surface area contributed by atoms with Crippen molar-refractivity contribution in [2.75, 3.05) is 20.4 Å². The van der Waals surface area contributed by atoms with Crippen LogP contribution in [0.25, 0.3) is 0 Å². The Kier molecular flexibility index (Phi) is 4.53. The van der Waals surface area contributed by atoms with Crippen LogP contribution in [0.2, 0.25) is 0 Å². The Morgan fingerprint density at radius 1 is 1.36 bits per heavy atom. The van der Waals surface area contributed by atoms with Crippen molar-refractivity contribution in [2.24, 2.45) is 4.99 Å². The second-order valence-electron chi connectivity index (χ2n) is 3.05. The van der Waals surface area contributed by atoms with Crippen LogP contribution >= 0.6 is 11.8 Å². The highest BCUT2D eigenvalue weighted by atomic mass is 32.2. The average Bonchev–Trinajstić information content (AvgIpc) is 2.21. The zero-order valence-corrected chi connectivity index (χ0v) is 9.71. The van der Waals surface area contributed by atoms with Crippen molar-refractivity contribution in [3.63, 3.8) is 0 Å². The van der Waals surface area contributed by atoms with Crippen LogP contribution in [0.1, 0.15) is 5.56 Å². The van der Waals surface area contributed by atoms with Gasteiger partial charge in [0.1, 0.15) is 0 Å². The Bertz CT molecular complexity index is 295. The first kappa shape index (κ1) is 11.1. The van der Waals surface area contributed by atoms with Crippen LogP contribution in [0.4, 0.5) is 0 Å². The van der Waals surface area contributed by atoms with E-state index in [1.807, 2.05) is 19.4 Å². The number of rotatable bonds is 2. The zero-order valence-electron chi connectivity index (χ0n) is 8.90. The molecule has 0 radical (unpaired) electrons. The molecule has 0 amide bonds. The van der Waals surface area contributed by atoms with Crippen LogP contribution < -0.4 is 0 Å². The van der Waals surface area contributed by atoms with Crippen LogP contribution in [-0.4, -0.2) is 30.4 Å². The summed E-state index contributed by atoms with van der Waals surface area (Å²) in [7, 11) is 3.89. The molecule has 14 heavy (non-hydrogen) atoms. The van der Waals surface area contributed by atoms with Gasteiger partial charge in [0, 0.05) is 20.6 Å². The SMILES string of the molecule is CN=C(SC)N(C)Cc1ccccc1. The third-order valence-electron chi connectivity index (χ3n) is 1.96. The molecule has 1 rings (SSSR count). The number of benzene rings is 1. The Hall–Kier alpha value is -0.960. The highest BCUT2D eigenvalue weighted by molar-refractivity contribution is 8.13. The maximum atomic E-state index is 4.21. The summed E-state index contributed by atoms with van der Waals surface area (Å²) in [5.41, 5.74) is 1.31. The number of hydrogen-bond donors (Lipinski definition) is 0. The van der Waals surface area contributed by atoms with Crippen LogP contribution in [0.15, 0.2) is 35.3 Å². The average molecular weight is 208 g/mol. The summed E-state index contributed by atoms with van der Waals surface area (Å²) >= 11 is 1.67. The van der Waals surface area contributed by atoms with Gasteiger partial charge >= 0.3 is 0 Å². The lowest BCUT2D eigenvalue weighted by Crippen LogP contribution is -2.23. The molecule has 0 atom stereocenters. The zero-order chi connectivity index (χ0) is 10.4. The predicted octanol–water partition coefficient (Wildman–Crippen LogP) is 2.47. The van der Waals surface area contributed by atoms with Crippen molar-refractivity contribution < 1.29 is 0 Å². The number of nitrogens with zero attached hydrogens (tertiary/aromatic N) is 2. The van der Waals surface area contributed by atoms with Gasteiger partial charge in [-0.05, 0) is 11.8 Å². The molecule has 0 aliphatic heterocycles. The van der Waals surface area contributed by atoms with Crippen molar-refractivity contribution >= 4 is 16.9 Å². The summed E-state index contributed by atoms with van der Waals surface area (Å²) in [6.45, 7) is 0.911. The summed E-state index contributed by atoms with van der Waals surface area (Å²) < 4.78 is 0. The fourth-order valence-corrected chi connectivity index (χ4v) is 1.90. The molecular formula is C11H16N2S. The van der Waals surface area contributed by atoms with Gasteiger partial charge in [0.2, 0.25) is 0 Å². The first-order chi connectivity index (χ1) is 6.77. The molecule has 0 fully saturated rings. The van der Waals surface area contributed by atoms with Crippen molar-refractivity contribution in [1.29, 1.82) is 0 Å². The maximum absolute atomic E-state index is 4.21. The lowest BCUT2D eigenvalue weighted by Gasteiger charge is -2.19. The minimum Gasteiger partial charge on any atom is -0.350 e. The fourth-order valence-electron chi connectivity index (χ4n) is 1.34. The minimum atomic E-state index is 0.911. The molecule has 0 aliphatic rings. The Morgan fingerprint density at radius 3 is 2.50 bits per heavy atom. The van der Waals surface area contributed by atoms with E-state index in [-0.39, 0.29) is 0 Å². The van der Waals surface area contributed by atoms with Gasteiger partial charge in [-0.1, -0.05) is 42.1 Å². The molecule has 0 unspecified atom stereocenters. The van der Waals surface area contributed by atoms with Gasteiger partial charge in [-0.3, -0.25) is 4.99 Å². The smallest absolute Gasteiger partial charge is 0.158 e. The number of amidine groups is 1. The van der Waals surface area contributed by atoms with E-state index >= 15 is 0 Å². The highest BCUT2D eigenvalue weighted by Gasteiger charge is 2.03. The second-order valence-corrected chi connectivity index (χ2v) is 3.83. The fraction of sp³-hybridized carbons (Fsp3) is 0.364. The summed E-state index contributed by atoms with van der Waals surface area (Å²) in [6.07, 6.45) is 2.05. The van der Waals surface area contributed by atoms with E-state index in [2.05, 4.69) is 41.2 Å². The summed E-state index contributed by atoms with van der Waals surface area (Å²) in [6, 6.07) is 10.4. The molecule has 0 heterocycles. The van der Waals surface area contributed by atoms with E-state index in [4.69, 9.17) is 0 Å².